The molecule has 1 N–H and O–H groups in total. The highest BCUT2D eigenvalue weighted by Crippen LogP contribution is 2.37. The van der Waals surface area contributed by atoms with Crippen molar-refractivity contribution in [3.63, 3.8) is 0 Å². The van der Waals surface area contributed by atoms with Gasteiger partial charge in [-0.05, 0) is 36.4 Å². The van der Waals surface area contributed by atoms with Gasteiger partial charge in [-0.1, -0.05) is 23.2 Å². The molecule has 3 nitrogen and oxygen atoms in total. The van der Waals surface area contributed by atoms with Gasteiger partial charge >= 0.3 is 0 Å². The molecule has 0 aliphatic rings. The van der Waals surface area contributed by atoms with Gasteiger partial charge in [0.1, 0.15) is 11.1 Å². The van der Waals surface area contributed by atoms with Gasteiger partial charge < -0.3 is 9.52 Å². The SMILES string of the molecule is Oc1nc2c3cc(Cl)ccc3oc2c2ccc(Cl)cc12. The number of pyridine rings is 1. The Hall–Kier alpha value is -1.97. The molecule has 2 aromatic heterocycles. The highest BCUT2D eigenvalue weighted by Gasteiger charge is 2.15. The Bertz CT molecular complexity index is 992. The molecule has 0 spiro atoms. The Morgan fingerprint density at radius 2 is 1.60 bits per heavy atom. The first-order valence-electron chi connectivity index (χ1n) is 5.93. The van der Waals surface area contributed by atoms with Crippen LogP contribution in [0.1, 0.15) is 0 Å². The lowest BCUT2D eigenvalue weighted by Gasteiger charge is -2.01. The Morgan fingerprint density at radius 3 is 2.40 bits per heavy atom. The molecular weight excluding hydrogens is 297 g/mol. The molecule has 0 fully saturated rings. The molecule has 0 atom stereocenters. The van der Waals surface area contributed by atoms with Gasteiger partial charge in [0.25, 0.3) is 0 Å². The lowest BCUT2D eigenvalue weighted by Crippen LogP contribution is -1.81. The first kappa shape index (κ1) is 11.8. The molecule has 0 aliphatic heterocycles. The molecule has 98 valence electrons. The van der Waals surface area contributed by atoms with Crippen LogP contribution in [0.2, 0.25) is 10.0 Å². The van der Waals surface area contributed by atoms with Crippen LogP contribution < -0.4 is 0 Å². The van der Waals surface area contributed by atoms with Crippen LogP contribution in [0.4, 0.5) is 0 Å². The quantitative estimate of drug-likeness (QED) is 0.489. The van der Waals surface area contributed by atoms with Crippen LogP contribution in [-0.4, -0.2) is 10.1 Å². The molecular formula is C15H7Cl2NO2. The normalized spacial score (nSPS) is 11.7. The van der Waals surface area contributed by atoms with Crippen molar-refractivity contribution in [2.24, 2.45) is 0 Å². The summed E-state index contributed by atoms with van der Waals surface area (Å²) in [5.41, 5.74) is 1.89. The summed E-state index contributed by atoms with van der Waals surface area (Å²) in [7, 11) is 0. The van der Waals surface area contributed by atoms with Crippen molar-refractivity contribution in [3.05, 3.63) is 46.4 Å². The van der Waals surface area contributed by atoms with Crippen LogP contribution >= 0.6 is 23.2 Å². The van der Waals surface area contributed by atoms with E-state index in [-0.39, 0.29) is 5.88 Å². The Balaban J connectivity index is 2.29. The predicted octanol–water partition coefficient (Wildman–Crippen LogP) is 5.15. The number of rotatable bonds is 0. The van der Waals surface area contributed by atoms with E-state index in [0.29, 0.717) is 32.1 Å². The number of halogens is 2. The second-order valence-corrected chi connectivity index (χ2v) is 5.42. The van der Waals surface area contributed by atoms with Crippen LogP contribution in [0.15, 0.2) is 40.8 Å². The molecule has 4 rings (SSSR count). The van der Waals surface area contributed by atoms with Crippen LogP contribution in [0.25, 0.3) is 32.8 Å². The monoisotopic (exact) mass is 303 g/mol. The van der Waals surface area contributed by atoms with Crippen molar-refractivity contribution in [3.8, 4) is 5.88 Å². The molecule has 0 unspecified atom stereocenters. The zero-order valence-corrected chi connectivity index (χ0v) is 11.5. The number of hydrogen-bond acceptors (Lipinski definition) is 3. The van der Waals surface area contributed by atoms with Crippen molar-refractivity contribution in [2.75, 3.05) is 0 Å². The van der Waals surface area contributed by atoms with Crippen LogP contribution in [0.3, 0.4) is 0 Å². The van der Waals surface area contributed by atoms with Gasteiger partial charge in [0.2, 0.25) is 5.88 Å². The number of fused-ring (bicyclic) bond motifs is 5. The minimum atomic E-state index is -0.0716. The summed E-state index contributed by atoms with van der Waals surface area (Å²) in [6, 6.07) is 10.5. The summed E-state index contributed by atoms with van der Waals surface area (Å²) in [5, 5.41) is 13.3. The molecule has 0 bridgehead atoms. The van der Waals surface area contributed by atoms with Crippen molar-refractivity contribution >= 4 is 56.0 Å². The molecule has 2 heterocycles. The van der Waals surface area contributed by atoms with E-state index in [1.165, 1.54) is 0 Å². The summed E-state index contributed by atoms with van der Waals surface area (Å²) in [4.78, 5) is 4.22. The average molecular weight is 304 g/mol. The molecule has 0 amide bonds. The van der Waals surface area contributed by atoms with Gasteiger partial charge in [-0.3, -0.25) is 0 Å². The molecule has 4 aromatic rings. The van der Waals surface area contributed by atoms with E-state index < -0.39 is 0 Å². The largest absolute Gasteiger partial charge is 0.493 e. The maximum atomic E-state index is 10.1. The fraction of sp³-hybridized carbons (Fsp3) is 0. The van der Waals surface area contributed by atoms with Crippen molar-refractivity contribution in [1.29, 1.82) is 0 Å². The third-order valence-electron chi connectivity index (χ3n) is 3.31. The highest BCUT2D eigenvalue weighted by molar-refractivity contribution is 6.32. The van der Waals surface area contributed by atoms with E-state index in [1.54, 1.807) is 30.3 Å². The van der Waals surface area contributed by atoms with Crippen LogP contribution in [0.5, 0.6) is 5.88 Å². The summed E-state index contributed by atoms with van der Waals surface area (Å²) in [6.07, 6.45) is 0. The zero-order valence-electron chi connectivity index (χ0n) is 10.0. The van der Waals surface area contributed by atoms with Crippen LogP contribution in [0, 0.1) is 0 Å². The molecule has 20 heavy (non-hydrogen) atoms. The number of hydrogen-bond donors (Lipinski definition) is 1. The molecule has 5 heteroatoms. The van der Waals surface area contributed by atoms with E-state index in [2.05, 4.69) is 4.98 Å². The number of aromatic hydroxyl groups is 1. The maximum Gasteiger partial charge on any atom is 0.219 e. The van der Waals surface area contributed by atoms with Gasteiger partial charge in [0.15, 0.2) is 5.58 Å². The predicted molar refractivity (Wildman–Crippen MR) is 80.7 cm³/mol. The lowest BCUT2D eigenvalue weighted by molar-refractivity contribution is 0.462. The third kappa shape index (κ3) is 1.57. The molecule has 0 saturated carbocycles. The number of furan rings is 1. The summed E-state index contributed by atoms with van der Waals surface area (Å²) in [5.74, 6) is -0.0716. The third-order valence-corrected chi connectivity index (χ3v) is 3.78. The topological polar surface area (TPSA) is 46.3 Å². The van der Waals surface area contributed by atoms with Crippen molar-refractivity contribution in [2.45, 2.75) is 0 Å². The van der Waals surface area contributed by atoms with Crippen molar-refractivity contribution < 1.29 is 9.52 Å². The summed E-state index contributed by atoms with van der Waals surface area (Å²) in [6.45, 7) is 0. The first-order chi connectivity index (χ1) is 9.63. The Morgan fingerprint density at radius 1 is 0.900 bits per heavy atom. The second kappa shape index (κ2) is 4.01. The van der Waals surface area contributed by atoms with E-state index in [4.69, 9.17) is 27.6 Å². The molecule has 2 aromatic carbocycles. The summed E-state index contributed by atoms with van der Waals surface area (Å²) >= 11 is 12.0. The van der Waals surface area contributed by atoms with Gasteiger partial charge in [-0.15, -0.1) is 0 Å². The van der Waals surface area contributed by atoms with E-state index in [0.717, 1.165) is 10.8 Å². The van der Waals surface area contributed by atoms with E-state index >= 15 is 0 Å². The highest BCUT2D eigenvalue weighted by atomic mass is 35.5. The summed E-state index contributed by atoms with van der Waals surface area (Å²) < 4.78 is 5.84. The lowest BCUT2D eigenvalue weighted by atomic mass is 10.1. The van der Waals surface area contributed by atoms with E-state index in [9.17, 15) is 5.11 Å². The first-order valence-corrected chi connectivity index (χ1v) is 6.69. The molecule has 0 radical (unpaired) electrons. The zero-order chi connectivity index (χ0) is 13.9. The fourth-order valence-electron chi connectivity index (χ4n) is 2.42. The standard InChI is InChI=1S/C15H7Cl2NO2/c16-7-1-3-9-10(5-7)15(19)18-13-11-6-8(17)2-4-12(11)20-14(9)13/h1-6H,(H,18,19). The molecule has 0 saturated heterocycles. The van der Waals surface area contributed by atoms with Gasteiger partial charge in [-0.25, -0.2) is 4.98 Å². The maximum absolute atomic E-state index is 10.1. The minimum absolute atomic E-state index is 0.0716. The molecule has 0 aliphatic carbocycles. The number of aromatic nitrogens is 1. The second-order valence-electron chi connectivity index (χ2n) is 4.55. The van der Waals surface area contributed by atoms with Gasteiger partial charge in [-0.2, -0.15) is 0 Å². The average Bonchev–Trinajstić information content (AvgIpc) is 2.77. The smallest absolute Gasteiger partial charge is 0.219 e. The number of benzene rings is 2. The van der Waals surface area contributed by atoms with Crippen LogP contribution in [-0.2, 0) is 0 Å². The number of nitrogens with zero attached hydrogens (tertiary/aromatic N) is 1. The van der Waals surface area contributed by atoms with Crippen molar-refractivity contribution in [1.82, 2.24) is 4.98 Å². The van der Waals surface area contributed by atoms with Gasteiger partial charge in [0.05, 0.1) is 0 Å². The van der Waals surface area contributed by atoms with E-state index in [1.807, 2.05) is 6.07 Å². The Labute approximate surface area is 123 Å². The van der Waals surface area contributed by atoms with Gasteiger partial charge in [0, 0.05) is 26.2 Å². The Kier molecular flexibility index (Phi) is 2.37. The fourth-order valence-corrected chi connectivity index (χ4v) is 2.76. The minimum Gasteiger partial charge on any atom is -0.493 e.